The lowest BCUT2D eigenvalue weighted by molar-refractivity contribution is -0.119. The third-order valence-corrected chi connectivity index (χ3v) is 3.69. The summed E-state index contributed by atoms with van der Waals surface area (Å²) in [6, 6.07) is 13.1. The van der Waals surface area contributed by atoms with E-state index in [4.69, 9.17) is 0 Å². The first kappa shape index (κ1) is 15.7. The average Bonchev–Trinajstić information content (AvgIpc) is 2.97. The van der Waals surface area contributed by atoms with Gasteiger partial charge in [0.25, 0.3) is 5.91 Å². The summed E-state index contributed by atoms with van der Waals surface area (Å²) < 4.78 is 0. The van der Waals surface area contributed by atoms with E-state index in [0.29, 0.717) is 17.9 Å². The molecular weight excluding hydrogens is 304 g/mol. The molecule has 2 amide bonds. The molecule has 6 heteroatoms. The zero-order chi connectivity index (χ0) is 17.1. The summed E-state index contributed by atoms with van der Waals surface area (Å²) in [6.45, 7) is 3.92. The Labute approximate surface area is 139 Å². The SMILES string of the molecule is CC(=O)NCc1ccc(NC(=O)c2n[nH]c3ccc(C)cc23)cc1. The van der Waals surface area contributed by atoms with Crippen LogP contribution in [-0.2, 0) is 11.3 Å². The minimum absolute atomic E-state index is 0.0758. The second-order valence-electron chi connectivity index (χ2n) is 5.68. The monoisotopic (exact) mass is 322 g/mol. The van der Waals surface area contributed by atoms with Gasteiger partial charge >= 0.3 is 0 Å². The molecule has 3 aromatic rings. The van der Waals surface area contributed by atoms with Gasteiger partial charge in [0.2, 0.25) is 5.91 Å². The molecular formula is C18H18N4O2. The minimum atomic E-state index is -0.263. The van der Waals surface area contributed by atoms with Gasteiger partial charge in [-0.3, -0.25) is 14.7 Å². The second kappa shape index (κ2) is 6.54. The minimum Gasteiger partial charge on any atom is -0.352 e. The molecule has 0 aliphatic carbocycles. The number of aromatic amines is 1. The molecule has 2 aromatic carbocycles. The Balaban J connectivity index is 1.74. The molecule has 0 aliphatic heterocycles. The fourth-order valence-electron chi connectivity index (χ4n) is 2.42. The Morgan fingerprint density at radius 2 is 1.88 bits per heavy atom. The first-order chi connectivity index (χ1) is 11.5. The van der Waals surface area contributed by atoms with Gasteiger partial charge in [-0.2, -0.15) is 5.10 Å². The van der Waals surface area contributed by atoms with Crippen LogP contribution in [0, 0.1) is 6.92 Å². The molecule has 0 bridgehead atoms. The van der Waals surface area contributed by atoms with Crippen LogP contribution in [0.1, 0.15) is 28.5 Å². The fraction of sp³-hybridized carbons (Fsp3) is 0.167. The van der Waals surface area contributed by atoms with Gasteiger partial charge in [-0.15, -0.1) is 0 Å². The van der Waals surface area contributed by atoms with Crippen molar-refractivity contribution in [1.29, 1.82) is 0 Å². The van der Waals surface area contributed by atoms with Crippen molar-refractivity contribution in [3.05, 3.63) is 59.3 Å². The topological polar surface area (TPSA) is 86.9 Å². The highest BCUT2D eigenvalue weighted by Crippen LogP contribution is 2.19. The standard InChI is InChI=1S/C18H18N4O2/c1-11-3-8-16-15(9-11)17(22-21-16)18(24)20-14-6-4-13(5-7-14)10-19-12(2)23/h3-9H,10H2,1-2H3,(H,19,23)(H,20,24)(H,21,22). The van der Waals surface area contributed by atoms with Crippen LogP contribution in [0.15, 0.2) is 42.5 Å². The molecule has 0 fully saturated rings. The summed E-state index contributed by atoms with van der Waals surface area (Å²) >= 11 is 0. The Hall–Kier alpha value is -3.15. The van der Waals surface area contributed by atoms with E-state index in [1.54, 1.807) is 12.1 Å². The number of fused-ring (bicyclic) bond motifs is 1. The summed E-state index contributed by atoms with van der Waals surface area (Å²) in [7, 11) is 0. The number of H-pyrrole nitrogens is 1. The Bertz CT molecular complexity index is 897. The number of nitrogens with zero attached hydrogens (tertiary/aromatic N) is 1. The maximum atomic E-state index is 12.4. The fourth-order valence-corrected chi connectivity index (χ4v) is 2.42. The van der Waals surface area contributed by atoms with Gasteiger partial charge < -0.3 is 10.6 Å². The van der Waals surface area contributed by atoms with Gasteiger partial charge in [-0.25, -0.2) is 0 Å². The summed E-state index contributed by atoms with van der Waals surface area (Å²) in [5.41, 5.74) is 3.91. The number of amides is 2. The zero-order valence-corrected chi connectivity index (χ0v) is 13.5. The lowest BCUT2D eigenvalue weighted by Crippen LogP contribution is -2.18. The largest absolute Gasteiger partial charge is 0.352 e. The third-order valence-electron chi connectivity index (χ3n) is 3.69. The zero-order valence-electron chi connectivity index (χ0n) is 13.5. The number of carbonyl (C=O) groups is 2. The van der Waals surface area contributed by atoms with Crippen molar-refractivity contribution >= 4 is 28.4 Å². The van der Waals surface area contributed by atoms with Crippen LogP contribution in [0.3, 0.4) is 0 Å². The van der Waals surface area contributed by atoms with Gasteiger partial charge in [-0.1, -0.05) is 23.8 Å². The number of benzene rings is 2. The maximum Gasteiger partial charge on any atom is 0.276 e. The quantitative estimate of drug-likeness (QED) is 0.690. The Morgan fingerprint density at radius 3 is 2.58 bits per heavy atom. The molecule has 6 nitrogen and oxygen atoms in total. The number of aromatic nitrogens is 2. The van der Waals surface area contributed by atoms with E-state index < -0.39 is 0 Å². The van der Waals surface area contributed by atoms with Gasteiger partial charge in [-0.05, 0) is 36.8 Å². The molecule has 122 valence electrons. The van der Waals surface area contributed by atoms with E-state index in [9.17, 15) is 9.59 Å². The second-order valence-corrected chi connectivity index (χ2v) is 5.68. The van der Waals surface area contributed by atoms with Gasteiger partial charge in [0.1, 0.15) is 0 Å². The lowest BCUT2D eigenvalue weighted by atomic mass is 10.1. The molecule has 1 aromatic heterocycles. The third kappa shape index (κ3) is 3.43. The lowest BCUT2D eigenvalue weighted by Gasteiger charge is -2.06. The number of hydrogen-bond donors (Lipinski definition) is 3. The van der Waals surface area contributed by atoms with Crippen molar-refractivity contribution in [2.24, 2.45) is 0 Å². The molecule has 3 N–H and O–H groups in total. The van der Waals surface area contributed by atoms with Crippen LogP contribution in [0.4, 0.5) is 5.69 Å². The van der Waals surface area contributed by atoms with Crippen molar-refractivity contribution < 1.29 is 9.59 Å². The molecule has 0 aliphatic rings. The van der Waals surface area contributed by atoms with Crippen LogP contribution < -0.4 is 10.6 Å². The predicted molar refractivity (Wildman–Crippen MR) is 92.7 cm³/mol. The average molecular weight is 322 g/mol. The van der Waals surface area contributed by atoms with Crippen molar-refractivity contribution in [3.63, 3.8) is 0 Å². The number of hydrogen-bond acceptors (Lipinski definition) is 3. The maximum absolute atomic E-state index is 12.4. The number of aryl methyl sites for hydroxylation is 1. The van der Waals surface area contributed by atoms with Crippen LogP contribution >= 0.6 is 0 Å². The molecule has 1 heterocycles. The first-order valence-corrected chi connectivity index (χ1v) is 7.62. The molecule has 24 heavy (non-hydrogen) atoms. The van der Waals surface area contributed by atoms with Crippen molar-refractivity contribution in [3.8, 4) is 0 Å². The highest BCUT2D eigenvalue weighted by Gasteiger charge is 2.14. The first-order valence-electron chi connectivity index (χ1n) is 7.62. The number of anilines is 1. The molecule has 0 saturated heterocycles. The summed E-state index contributed by atoms with van der Waals surface area (Å²) in [5, 5.41) is 13.4. The predicted octanol–water partition coefficient (Wildman–Crippen LogP) is 2.76. The van der Waals surface area contributed by atoms with E-state index in [-0.39, 0.29) is 11.8 Å². The van der Waals surface area contributed by atoms with Crippen LogP contribution in [0.25, 0.3) is 10.9 Å². The summed E-state index contributed by atoms with van der Waals surface area (Å²) in [5.74, 6) is -0.338. The van der Waals surface area contributed by atoms with Crippen LogP contribution in [-0.4, -0.2) is 22.0 Å². The van der Waals surface area contributed by atoms with Gasteiger partial charge in [0.15, 0.2) is 5.69 Å². The van der Waals surface area contributed by atoms with Crippen molar-refractivity contribution in [2.75, 3.05) is 5.32 Å². The number of rotatable bonds is 4. The van der Waals surface area contributed by atoms with E-state index in [2.05, 4.69) is 20.8 Å². The summed E-state index contributed by atoms with van der Waals surface area (Å²) in [4.78, 5) is 23.4. The van der Waals surface area contributed by atoms with E-state index in [1.807, 2.05) is 37.3 Å². The summed E-state index contributed by atoms with van der Waals surface area (Å²) in [6.07, 6.45) is 0. The van der Waals surface area contributed by atoms with E-state index >= 15 is 0 Å². The molecule has 0 unspecified atom stereocenters. The Kier molecular flexibility index (Phi) is 4.29. The highest BCUT2D eigenvalue weighted by molar-refractivity contribution is 6.11. The molecule has 3 rings (SSSR count). The van der Waals surface area contributed by atoms with Gasteiger partial charge in [0.05, 0.1) is 5.52 Å². The highest BCUT2D eigenvalue weighted by atomic mass is 16.2. The van der Waals surface area contributed by atoms with Crippen LogP contribution in [0.5, 0.6) is 0 Å². The van der Waals surface area contributed by atoms with Crippen LogP contribution in [0.2, 0.25) is 0 Å². The molecule has 0 radical (unpaired) electrons. The van der Waals surface area contributed by atoms with Crippen molar-refractivity contribution in [2.45, 2.75) is 20.4 Å². The molecule has 0 saturated carbocycles. The Morgan fingerprint density at radius 1 is 1.12 bits per heavy atom. The van der Waals surface area contributed by atoms with Gasteiger partial charge in [0, 0.05) is 24.5 Å². The molecule has 0 spiro atoms. The number of nitrogens with one attached hydrogen (secondary N) is 3. The smallest absolute Gasteiger partial charge is 0.276 e. The van der Waals surface area contributed by atoms with Crippen molar-refractivity contribution in [1.82, 2.24) is 15.5 Å². The van der Waals surface area contributed by atoms with E-state index in [0.717, 1.165) is 22.0 Å². The normalized spacial score (nSPS) is 10.6. The number of carbonyl (C=O) groups excluding carboxylic acids is 2. The molecule has 0 atom stereocenters. The van der Waals surface area contributed by atoms with E-state index in [1.165, 1.54) is 6.92 Å².